The fourth-order valence-electron chi connectivity index (χ4n) is 2.62. The molecule has 2 aromatic heterocycles. The van der Waals surface area contributed by atoms with E-state index in [2.05, 4.69) is 10.1 Å². The standard InChI is InChI=1S/C16H13ClN4O/c17-12-5-1-4-11(10-12)13-14(16(22)20-7-3-8-20)19-21-9-2-6-18-15(13)21/h1-2,4-6,9-10H,3,7-8H2. The molecule has 4 rings (SSSR count). The van der Waals surface area contributed by atoms with Crippen LogP contribution < -0.4 is 0 Å². The van der Waals surface area contributed by atoms with E-state index < -0.39 is 0 Å². The second-order valence-electron chi connectivity index (χ2n) is 5.27. The minimum atomic E-state index is -0.0493. The van der Waals surface area contributed by atoms with Crippen molar-refractivity contribution >= 4 is 23.2 Å². The first-order valence-corrected chi connectivity index (χ1v) is 7.50. The van der Waals surface area contributed by atoms with Gasteiger partial charge in [-0.1, -0.05) is 23.7 Å². The lowest BCUT2D eigenvalue weighted by Gasteiger charge is -2.30. The molecule has 0 saturated carbocycles. The van der Waals surface area contributed by atoms with Crippen molar-refractivity contribution in [3.05, 3.63) is 53.4 Å². The second-order valence-corrected chi connectivity index (χ2v) is 5.70. The zero-order valence-electron chi connectivity index (χ0n) is 11.7. The lowest BCUT2D eigenvalue weighted by Crippen LogP contribution is -2.42. The molecule has 0 unspecified atom stereocenters. The third-order valence-electron chi connectivity index (χ3n) is 3.85. The molecule has 6 heteroatoms. The Kier molecular flexibility index (Phi) is 3.08. The smallest absolute Gasteiger partial charge is 0.275 e. The number of hydrogen-bond donors (Lipinski definition) is 0. The molecule has 0 N–H and O–H groups in total. The van der Waals surface area contributed by atoms with Crippen LogP contribution in [0.3, 0.4) is 0 Å². The fourth-order valence-corrected chi connectivity index (χ4v) is 2.81. The molecule has 0 spiro atoms. The topological polar surface area (TPSA) is 50.5 Å². The van der Waals surface area contributed by atoms with Crippen molar-refractivity contribution in [2.24, 2.45) is 0 Å². The highest BCUT2D eigenvalue weighted by Crippen LogP contribution is 2.30. The molecule has 0 aliphatic carbocycles. The molecule has 5 nitrogen and oxygen atoms in total. The van der Waals surface area contributed by atoms with Crippen LogP contribution in [0.4, 0.5) is 0 Å². The lowest BCUT2D eigenvalue weighted by atomic mass is 10.0. The average Bonchev–Trinajstić information content (AvgIpc) is 2.84. The maximum atomic E-state index is 12.7. The largest absolute Gasteiger partial charge is 0.337 e. The number of benzene rings is 1. The molecule has 22 heavy (non-hydrogen) atoms. The van der Waals surface area contributed by atoms with Crippen LogP contribution in [-0.2, 0) is 0 Å². The number of aromatic nitrogens is 3. The fraction of sp³-hybridized carbons (Fsp3) is 0.188. The van der Waals surface area contributed by atoms with Gasteiger partial charge in [-0.15, -0.1) is 0 Å². The minimum absolute atomic E-state index is 0.0493. The molecule has 1 aliphatic rings. The van der Waals surface area contributed by atoms with Gasteiger partial charge in [0, 0.05) is 30.5 Å². The van der Waals surface area contributed by atoms with Crippen LogP contribution in [0.2, 0.25) is 5.02 Å². The zero-order valence-corrected chi connectivity index (χ0v) is 12.5. The molecular weight excluding hydrogens is 300 g/mol. The van der Waals surface area contributed by atoms with Crippen molar-refractivity contribution < 1.29 is 4.79 Å². The molecule has 1 aliphatic heterocycles. The summed E-state index contributed by atoms with van der Waals surface area (Å²) < 4.78 is 1.64. The summed E-state index contributed by atoms with van der Waals surface area (Å²) in [4.78, 5) is 18.8. The number of halogens is 1. The molecule has 3 heterocycles. The number of carbonyl (C=O) groups excluding carboxylic acids is 1. The van der Waals surface area contributed by atoms with Crippen molar-refractivity contribution in [1.29, 1.82) is 0 Å². The van der Waals surface area contributed by atoms with Gasteiger partial charge in [-0.2, -0.15) is 5.10 Å². The van der Waals surface area contributed by atoms with E-state index in [9.17, 15) is 4.79 Å². The van der Waals surface area contributed by atoms with Crippen LogP contribution in [-0.4, -0.2) is 38.5 Å². The molecule has 110 valence electrons. The normalized spacial score (nSPS) is 14.1. The molecule has 0 radical (unpaired) electrons. The summed E-state index contributed by atoms with van der Waals surface area (Å²) in [6.07, 6.45) is 4.54. The number of carbonyl (C=O) groups is 1. The quantitative estimate of drug-likeness (QED) is 0.731. The van der Waals surface area contributed by atoms with Gasteiger partial charge in [0.15, 0.2) is 11.3 Å². The number of fused-ring (bicyclic) bond motifs is 1. The molecular formula is C16H13ClN4O. The second kappa shape index (κ2) is 5.10. The van der Waals surface area contributed by atoms with E-state index in [0.717, 1.165) is 30.6 Å². The van der Waals surface area contributed by atoms with Crippen LogP contribution in [0.25, 0.3) is 16.8 Å². The van der Waals surface area contributed by atoms with Crippen LogP contribution in [0.1, 0.15) is 16.9 Å². The third-order valence-corrected chi connectivity index (χ3v) is 4.09. The predicted molar refractivity (Wildman–Crippen MR) is 84.0 cm³/mol. The van der Waals surface area contributed by atoms with Crippen LogP contribution >= 0.6 is 11.6 Å². The van der Waals surface area contributed by atoms with Crippen molar-refractivity contribution in [3.8, 4) is 11.1 Å². The molecule has 3 aromatic rings. The summed E-state index contributed by atoms with van der Waals surface area (Å²) in [5.74, 6) is -0.0493. The Bertz CT molecular complexity index is 869. The van der Waals surface area contributed by atoms with E-state index in [1.807, 2.05) is 18.2 Å². The molecule has 1 saturated heterocycles. The highest BCUT2D eigenvalue weighted by Gasteiger charge is 2.28. The van der Waals surface area contributed by atoms with Gasteiger partial charge in [0.25, 0.3) is 5.91 Å². The number of rotatable bonds is 2. The maximum absolute atomic E-state index is 12.7. The molecule has 1 amide bonds. The SMILES string of the molecule is O=C(c1nn2cccnc2c1-c1cccc(Cl)c1)N1CCC1. The van der Waals surface area contributed by atoms with Gasteiger partial charge in [-0.05, 0) is 30.2 Å². The summed E-state index contributed by atoms with van der Waals surface area (Å²) in [6.45, 7) is 1.57. The molecule has 0 bridgehead atoms. The van der Waals surface area contributed by atoms with E-state index in [-0.39, 0.29) is 5.91 Å². The van der Waals surface area contributed by atoms with Crippen molar-refractivity contribution in [2.45, 2.75) is 6.42 Å². The van der Waals surface area contributed by atoms with Gasteiger partial charge >= 0.3 is 0 Å². The molecule has 1 fully saturated rings. The average molecular weight is 313 g/mol. The number of likely N-dealkylation sites (tertiary alicyclic amines) is 1. The van der Waals surface area contributed by atoms with E-state index in [1.54, 1.807) is 33.9 Å². The van der Waals surface area contributed by atoms with Gasteiger partial charge < -0.3 is 4.90 Å². The predicted octanol–water partition coefficient (Wildman–Crippen LogP) is 2.90. The Morgan fingerprint density at radius 2 is 2.09 bits per heavy atom. The number of amides is 1. The zero-order chi connectivity index (χ0) is 15.1. The Morgan fingerprint density at radius 1 is 1.23 bits per heavy atom. The first kappa shape index (κ1) is 13.3. The van der Waals surface area contributed by atoms with E-state index in [4.69, 9.17) is 11.6 Å². The van der Waals surface area contributed by atoms with Crippen LogP contribution in [0.5, 0.6) is 0 Å². The van der Waals surface area contributed by atoms with Gasteiger partial charge in [0.1, 0.15) is 0 Å². The monoisotopic (exact) mass is 312 g/mol. The van der Waals surface area contributed by atoms with Crippen molar-refractivity contribution in [3.63, 3.8) is 0 Å². The van der Waals surface area contributed by atoms with Crippen molar-refractivity contribution in [2.75, 3.05) is 13.1 Å². The van der Waals surface area contributed by atoms with Crippen molar-refractivity contribution in [1.82, 2.24) is 19.5 Å². The summed E-state index contributed by atoms with van der Waals surface area (Å²) in [6, 6.07) is 9.22. The minimum Gasteiger partial charge on any atom is -0.337 e. The highest BCUT2D eigenvalue weighted by atomic mass is 35.5. The van der Waals surface area contributed by atoms with Gasteiger partial charge in [-0.3, -0.25) is 4.79 Å². The Hall–Kier alpha value is -2.40. The summed E-state index contributed by atoms with van der Waals surface area (Å²) >= 11 is 6.10. The number of nitrogens with zero attached hydrogens (tertiary/aromatic N) is 4. The van der Waals surface area contributed by atoms with E-state index >= 15 is 0 Å². The van der Waals surface area contributed by atoms with Crippen LogP contribution in [0, 0.1) is 0 Å². The van der Waals surface area contributed by atoms with E-state index in [0.29, 0.717) is 16.4 Å². The highest BCUT2D eigenvalue weighted by molar-refractivity contribution is 6.31. The molecule has 1 aromatic carbocycles. The summed E-state index contributed by atoms with van der Waals surface area (Å²) in [7, 11) is 0. The van der Waals surface area contributed by atoms with Gasteiger partial charge in [0.2, 0.25) is 0 Å². The van der Waals surface area contributed by atoms with Gasteiger partial charge in [0.05, 0.1) is 5.56 Å². The van der Waals surface area contributed by atoms with Crippen LogP contribution in [0.15, 0.2) is 42.7 Å². The van der Waals surface area contributed by atoms with Gasteiger partial charge in [-0.25, -0.2) is 9.50 Å². The maximum Gasteiger partial charge on any atom is 0.275 e. The first-order valence-electron chi connectivity index (χ1n) is 7.12. The first-order chi connectivity index (χ1) is 10.7. The number of hydrogen-bond acceptors (Lipinski definition) is 3. The van der Waals surface area contributed by atoms with E-state index in [1.165, 1.54) is 0 Å². The molecule has 0 atom stereocenters. The Morgan fingerprint density at radius 3 is 2.82 bits per heavy atom. The third kappa shape index (κ3) is 2.05. The Balaban J connectivity index is 1.95. The summed E-state index contributed by atoms with van der Waals surface area (Å²) in [5, 5.41) is 5.06. The lowest BCUT2D eigenvalue weighted by molar-refractivity contribution is 0.0646. The Labute approximate surface area is 132 Å². The summed E-state index contributed by atoms with van der Waals surface area (Å²) in [5.41, 5.74) is 2.68.